The van der Waals surface area contributed by atoms with Crippen LogP contribution in [0.2, 0.25) is 0 Å². The molecule has 1 aromatic heterocycles. The van der Waals surface area contributed by atoms with E-state index in [-0.39, 0.29) is 0 Å². The lowest BCUT2D eigenvalue weighted by molar-refractivity contribution is -0.123. The highest BCUT2D eigenvalue weighted by molar-refractivity contribution is 7.14. The van der Waals surface area contributed by atoms with Crippen LogP contribution >= 0.6 is 11.3 Å². The summed E-state index contributed by atoms with van der Waals surface area (Å²) < 4.78 is 9.96. The number of carbonyl (C=O) groups is 3. The molecule has 1 heterocycles. The summed E-state index contributed by atoms with van der Waals surface area (Å²) in [4.78, 5) is 37.0. The number of urea groups is 1. The summed E-state index contributed by atoms with van der Waals surface area (Å²) in [6.07, 6.45) is 0.821. The zero-order valence-corrected chi connectivity index (χ0v) is 15.6. The van der Waals surface area contributed by atoms with Crippen molar-refractivity contribution < 1.29 is 23.9 Å². The van der Waals surface area contributed by atoms with Crippen molar-refractivity contribution in [1.29, 1.82) is 0 Å². The number of anilines is 1. The van der Waals surface area contributed by atoms with Gasteiger partial charge in [0.05, 0.1) is 7.11 Å². The van der Waals surface area contributed by atoms with Gasteiger partial charge in [0.15, 0.2) is 6.61 Å². The highest BCUT2D eigenvalue weighted by Gasteiger charge is 2.15. The van der Waals surface area contributed by atoms with E-state index in [2.05, 4.69) is 10.6 Å². The van der Waals surface area contributed by atoms with Gasteiger partial charge < -0.3 is 14.8 Å². The minimum Gasteiger partial charge on any atom is -0.497 e. The van der Waals surface area contributed by atoms with Crippen LogP contribution in [0.3, 0.4) is 0 Å². The quantitative estimate of drug-likeness (QED) is 0.756. The Balaban J connectivity index is 1.79. The normalized spacial score (nSPS) is 10.1. The summed E-state index contributed by atoms with van der Waals surface area (Å²) >= 11 is 1.32. The van der Waals surface area contributed by atoms with E-state index in [0.717, 1.165) is 16.9 Å². The first-order chi connectivity index (χ1) is 12.4. The first-order valence-corrected chi connectivity index (χ1v) is 8.76. The predicted molar refractivity (Wildman–Crippen MR) is 98.9 cm³/mol. The van der Waals surface area contributed by atoms with Crippen LogP contribution in [0.15, 0.2) is 30.3 Å². The maximum Gasteiger partial charge on any atom is 0.348 e. The number of hydrogen-bond donors (Lipinski definition) is 2. The molecule has 138 valence electrons. The molecule has 0 aliphatic rings. The maximum atomic E-state index is 12.0. The summed E-state index contributed by atoms with van der Waals surface area (Å²) in [5.41, 5.74) is 1.57. The molecular weight excluding hydrogens is 356 g/mol. The Kier molecular flexibility index (Phi) is 6.74. The van der Waals surface area contributed by atoms with Gasteiger partial charge in [0.1, 0.15) is 10.6 Å². The SMILES string of the molecule is CCc1cc(C(=O)OCC(=O)NC(=O)Nc2ccc(OC)cc2)sc1C. The van der Waals surface area contributed by atoms with Crippen LogP contribution in [0.5, 0.6) is 5.75 Å². The Bertz CT molecular complexity index is 798. The molecule has 8 heteroatoms. The van der Waals surface area contributed by atoms with Gasteiger partial charge in [-0.2, -0.15) is 0 Å². The number of ether oxygens (including phenoxy) is 2. The molecule has 0 fully saturated rings. The number of amides is 3. The van der Waals surface area contributed by atoms with Crippen molar-refractivity contribution in [2.75, 3.05) is 19.0 Å². The first kappa shape index (κ1) is 19.5. The second kappa shape index (κ2) is 9.00. The van der Waals surface area contributed by atoms with Crippen molar-refractivity contribution in [3.63, 3.8) is 0 Å². The molecule has 26 heavy (non-hydrogen) atoms. The van der Waals surface area contributed by atoms with Crippen molar-refractivity contribution in [3.05, 3.63) is 45.6 Å². The van der Waals surface area contributed by atoms with Crippen molar-refractivity contribution in [3.8, 4) is 5.75 Å². The number of thiophene rings is 1. The highest BCUT2D eigenvalue weighted by atomic mass is 32.1. The molecule has 1 aromatic carbocycles. The number of nitrogens with one attached hydrogen (secondary N) is 2. The fourth-order valence-corrected chi connectivity index (χ4v) is 3.18. The molecule has 2 aromatic rings. The van der Waals surface area contributed by atoms with Crippen LogP contribution < -0.4 is 15.4 Å². The molecule has 0 aliphatic heterocycles. The van der Waals surface area contributed by atoms with E-state index in [9.17, 15) is 14.4 Å². The van der Waals surface area contributed by atoms with Gasteiger partial charge in [-0.1, -0.05) is 6.92 Å². The topological polar surface area (TPSA) is 93.7 Å². The fraction of sp³-hybridized carbons (Fsp3) is 0.278. The van der Waals surface area contributed by atoms with E-state index >= 15 is 0 Å². The van der Waals surface area contributed by atoms with E-state index in [4.69, 9.17) is 9.47 Å². The van der Waals surface area contributed by atoms with Crippen molar-refractivity contribution in [2.24, 2.45) is 0 Å². The summed E-state index contributed by atoms with van der Waals surface area (Å²) in [6, 6.07) is 7.66. The van der Waals surface area contributed by atoms with Crippen LogP contribution in [0.4, 0.5) is 10.5 Å². The van der Waals surface area contributed by atoms with Gasteiger partial charge in [0.2, 0.25) is 0 Å². The van der Waals surface area contributed by atoms with E-state index in [1.807, 2.05) is 13.8 Å². The Morgan fingerprint density at radius 3 is 2.42 bits per heavy atom. The van der Waals surface area contributed by atoms with Gasteiger partial charge in [-0.05, 0) is 49.2 Å². The Labute approximate surface area is 155 Å². The van der Waals surface area contributed by atoms with E-state index < -0.39 is 24.5 Å². The number of rotatable bonds is 6. The second-order valence-corrected chi connectivity index (χ2v) is 6.61. The number of esters is 1. The predicted octanol–water partition coefficient (Wildman–Crippen LogP) is 3.13. The number of benzene rings is 1. The fourth-order valence-electron chi connectivity index (χ4n) is 2.17. The van der Waals surface area contributed by atoms with Gasteiger partial charge in [-0.15, -0.1) is 11.3 Å². The summed E-state index contributed by atoms with van der Waals surface area (Å²) in [5.74, 6) is -0.647. The largest absolute Gasteiger partial charge is 0.497 e. The van der Waals surface area contributed by atoms with Gasteiger partial charge in [0, 0.05) is 10.6 Å². The number of carbonyl (C=O) groups excluding carboxylic acids is 3. The standard InChI is InChI=1S/C18H20N2O5S/c1-4-12-9-15(26-11(12)2)17(22)25-10-16(21)20-18(23)19-13-5-7-14(24-3)8-6-13/h5-9H,4,10H2,1-3H3,(H2,19,20,21,23). The third-order valence-corrected chi connectivity index (χ3v) is 4.61. The Hall–Kier alpha value is -2.87. The van der Waals surface area contributed by atoms with E-state index in [0.29, 0.717) is 16.3 Å². The Morgan fingerprint density at radius 1 is 1.15 bits per heavy atom. The third kappa shape index (κ3) is 5.32. The molecule has 0 saturated carbocycles. The molecule has 2 rings (SSSR count). The number of hydrogen-bond acceptors (Lipinski definition) is 6. The lowest BCUT2D eigenvalue weighted by Crippen LogP contribution is -2.37. The molecule has 0 spiro atoms. The maximum absolute atomic E-state index is 12.0. The van der Waals surface area contributed by atoms with Crippen LogP contribution in [-0.4, -0.2) is 31.6 Å². The van der Waals surface area contributed by atoms with Crippen LogP contribution in [0.25, 0.3) is 0 Å². The average Bonchev–Trinajstić information content (AvgIpc) is 3.01. The van der Waals surface area contributed by atoms with Gasteiger partial charge >= 0.3 is 12.0 Å². The van der Waals surface area contributed by atoms with Gasteiger partial charge in [-0.25, -0.2) is 9.59 Å². The molecule has 7 nitrogen and oxygen atoms in total. The molecule has 0 unspecified atom stereocenters. The second-order valence-electron chi connectivity index (χ2n) is 5.35. The summed E-state index contributed by atoms with van der Waals surface area (Å²) in [7, 11) is 1.54. The molecule has 0 atom stereocenters. The molecular formula is C18H20N2O5S. The average molecular weight is 376 g/mol. The van der Waals surface area contributed by atoms with Crippen molar-refractivity contribution in [1.82, 2.24) is 5.32 Å². The lowest BCUT2D eigenvalue weighted by atomic mass is 10.2. The monoisotopic (exact) mass is 376 g/mol. The van der Waals surface area contributed by atoms with E-state index in [1.165, 1.54) is 18.4 Å². The number of aryl methyl sites for hydroxylation is 2. The zero-order chi connectivity index (χ0) is 19.1. The minimum atomic E-state index is -0.714. The summed E-state index contributed by atoms with van der Waals surface area (Å²) in [6.45, 7) is 3.39. The molecule has 3 amide bonds. The highest BCUT2D eigenvalue weighted by Crippen LogP contribution is 2.22. The summed E-state index contributed by atoms with van der Waals surface area (Å²) in [5, 5.41) is 4.59. The first-order valence-electron chi connectivity index (χ1n) is 7.94. The van der Waals surface area contributed by atoms with Gasteiger partial charge in [0.25, 0.3) is 5.91 Å². The van der Waals surface area contributed by atoms with Crippen molar-refractivity contribution >= 4 is 34.9 Å². The lowest BCUT2D eigenvalue weighted by Gasteiger charge is -2.07. The van der Waals surface area contributed by atoms with Crippen LogP contribution in [0, 0.1) is 6.92 Å². The molecule has 2 N–H and O–H groups in total. The molecule has 0 aliphatic carbocycles. The molecule has 0 bridgehead atoms. The van der Waals surface area contributed by atoms with Crippen molar-refractivity contribution in [2.45, 2.75) is 20.3 Å². The Morgan fingerprint density at radius 2 is 1.85 bits per heavy atom. The molecule has 0 saturated heterocycles. The number of methoxy groups -OCH3 is 1. The molecule has 0 radical (unpaired) electrons. The third-order valence-electron chi connectivity index (χ3n) is 3.54. The smallest absolute Gasteiger partial charge is 0.348 e. The zero-order valence-electron chi connectivity index (χ0n) is 14.8. The van der Waals surface area contributed by atoms with E-state index in [1.54, 1.807) is 30.3 Å². The van der Waals surface area contributed by atoms with Crippen LogP contribution in [0.1, 0.15) is 27.0 Å². The number of imide groups is 1. The minimum absolute atomic E-state index is 0.440. The van der Waals surface area contributed by atoms with Crippen LogP contribution in [-0.2, 0) is 16.0 Å². The van der Waals surface area contributed by atoms with Gasteiger partial charge in [-0.3, -0.25) is 10.1 Å².